The van der Waals surface area contributed by atoms with E-state index in [9.17, 15) is 9.59 Å². The highest BCUT2D eigenvalue weighted by Crippen LogP contribution is 2.52. The normalized spacial score (nSPS) is 36.1. The largest absolute Gasteiger partial charge is 0.356 e. The summed E-state index contributed by atoms with van der Waals surface area (Å²) in [7, 11) is 1.78. The van der Waals surface area contributed by atoms with Crippen molar-refractivity contribution < 1.29 is 9.59 Å². The third kappa shape index (κ3) is 3.89. The number of rotatable bonds is 7. The third-order valence-corrected chi connectivity index (χ3v) is 6.54. The number of nitrogens with one attached hydrogen (secondary N) is 2. The molecule has 4 aliphatic rings. The molecule has 2 N–H and O–H groups in total. The van der Waals surface area contributed by atoms with Gasteiger partial charge in [-0.25, -0.2) is 0 Å². The number of halogens is 1. The molecule has 7 heteroatoms. The highest BCUT2D eigenvalue weighted by molar-refractivity contribution is 14.0. The Morgan fingerprint density at radius 2 is 1.85 bits per heavy atom. The SMILES string of the molecule is CCCC1CC1NC(=NC)NCCCN1C(=O)C2C3C=CC(C3)C2C1=O.I. The van der Waals surface area contributed by atoms with Crippen LogP contribution in [0.15, 0.2) is 17.1 Å². The molecule has 1 heterocycles. The van der Waals surface area contributed by atoms with Gasteiger partial charge in [0.15, 0.2) is 5.96 Å². The van der Waals surface area contributed by atoms with Crippen LogP contribution in [0.1, 0.15) is 39.0 Å². The number of carbonyl (C=O) groups excluding carboxylic acids is 2. The number of allylic oxidation sites excluding steroid dienone is 2. The van der Waals surface area contributed by atoms with Crippen LogP contribution in [0.3, 0.4) is 0 Å². The predicted molar refractivity (Wildman–Crippen MR) is 116 cm³/mol. The monoisotopic (exact) mass is 486 g/mol. The van der Waals surface area contributed by atoms with E-state index in [1.54, 1.807) is 7.05 Å². The molecule has 27 heavy (non-hydrogen) atoms. The fraction of sp³-hybridized carbons (Fsp3) is 0.750. The first-order chi connectivity index (χ1) is 12.6. The molecular weight excluding hydrogens is 455 g/mol. The topological polar surface area (TPSA) is 73.8 Å². The number of aliphatic imine (C=N–C) groups is 1. The maximum absolute atomic E-state index is 12.6. The maximum atomic E-state index is 12.6. The minimum atomic E-state index is -0.0785. The van der Waals surface area contributed by atoms with Crippen molar-refractivity contribution in [1.29, 1.82) is 0 Å². The van der Waals surface area contributed by atoms with Gasteiger partial charge in [0.1, 0.15) is 0 Å². The first-order valence-corrected chi connectivity index (χ1v) is 10.1. The van der Waals surface area contributed by atoms with Gasteiger partial charge in [-0.15, -0.1) is 24.0 Å². The number of hydrogen-bond acceptors (Lipinski definition) is 3. The summed E-state index contributed by atoms with van der Waals surface area (Å²) >= 11 is 0. The lowest BCUT2D eigenvalue weighted by Gasteiger charge is -2.18. The predicted octanol–water partition coefficient (Wildman–Crippen LogP) is 2.16. The maximum Gasteiger partial charge on any atom is 0.233 e. The first-order valence-electron chi connectivity index (χ1n) is 10.1. The van der Waals surface area contributed by atoms with E-state index >= 15 is 0 Å². The molecule has 0 aromatic heterocycles. The molecule has 1 aliphatic heterocycles. The molecule has 2 bridgehead atoms. The Bertz CT molecular complexity index is 620. The van der Waals surface area contributed by atoms with E-state index in [2.05, 4.69) is 34.7 Å². The zero-order valence-electron chi connectivity index (χ0n) is 16.2. The molecule has 6 unspecified atom stereocenters. The lowest BCUT2D eigenvalue weighted by Crippen LogP contribution is -2.41. The van der Waals surface area contributed by atoms with Gasteiger partial charge in [-0.2, -0.15) is 0 Å². The fourth-order valence-corrected chi connectivity index (χ4v) is 5.11. The van der Waals surface area contributed by atoms with Crippen LogP contribution in [-0.4, -0.2) is 48.9 Å². The molecule has 1 saturated heterocycles. The van der Waals surface area contributed by atoms with Crippen molar-refractivity contribution in [3.05, 3.63) is 12.2 Å². The average Bonchev–Trinajstić information content (AvgIpc) is 2.97. The van der Waals surface area contributed by atoms with Gasteiger partial charge >= 0.3 is 0 Å². The Kier molecular flexibility index (Phi) is 6.48. The average molecular weight is 486 g/mol. The summed E-state index contributed by atoms with van der Waals surface area (Å²) in [4.78, 5) is 31.1. The lowest BCUT2D eigenvalue weighted by atomic mass is 9.85. The van der Waals surface area contributed by atoms with Crippen molar-refractivity contribution in [3.8, 4) is 0 Å². The van der Waals surface area contributed by atoms with Gasteiger partial charge < -0.3 is 10.6 Å². The van der Waals surface area contributed by atoms with Gasteiger partial charge in [-0.05, 0) is 43.4 Å². The van der Waals surface area contributed by atoms with Gasteiger partial charge in [0, 0.05) is 26.2 Å². The summed E-state index contributed by atoms with van der Waals surface area (Å²) < 4.78 is 0. The highest BCUT2D eigenvalue weighted by atomic mass is 127. The van der Waals surface area contributed by atoms with E-state index in [0.29, 0.717) is 31.0 Å². The van der Waals surface area contributed by atoms with E-state index in [0.717, 1.165) is 24.7 Å². The zero-order chi connectivity index (χ0) is 18.3. The van der Waals surface area contributed by atoms with Crippen molar-refractivity contribution in [2.45, 2.75) is 45.1 Å². The molecule has 2 saturated carbocycles. The minimum absolute atomic E-state index is 0. The summed E-state index contributed by atoms with van der Waals surface area (Å²) in [5.74, 6) is 2.15. The molecule has 6 atom stereocenters. The van der Waals surface area contributed by atoms with Crippen molar-refractivity contribution in [3.63, 3.8) is 0 Å². The Morgan fingerprint density at radius 1 is 1.19 bits per heavy atom. The number of guanidine groups is 1. The van der Waals surface area contributed by atoms with Gasteiger partial charge in [0.05, 0.1) is 11.8 Å². The summed E-state index contributed by atoms with van der Waals surface area (Å²) in [5.41, 5.74) is 0. The van der Waals surface area contributed by atoms with Crippen LogP contribution in [0.2, 0.25) is 0 Å². The molecular formula is C20H31IN4O2. The van der Waals surface area contributed by atoms with Gasteiger partial charge in [0.2, 0.25) is 11.8 Å². The molecule has 3 aliphatic carbocycles. The highest BCUT2D eigenvalue weighted by Gasteiger charge is 2.58. The number of hydrogen-bond donors (Lipinski definition) is 2. The number of imide groups is 1. The quantitative estimate of drug-likeness (QED) is 0.145. The molecule has 150 valence electrons. The second-order valence-electron chi connectivity index (χ2n) is 8.22. The molecule has 0 aromatic carbocycles. The van der Waals surface area contributed by atoms with Crippen LogP contribution >= 0.6 is 24.0 Å². The van der Waals surface area contributed by atoms with Crippen LogP contribution in [0.4, 0.5) is 0 Å². The van der Waals surface area contributed by atoms with Crippen LogP contribution in [0.25, 0.3) is 0 Å². The molecule has 0 aromatic rings. The molecule has 0 radical (unpaired) electrons. The molecule has 2 amide bonds. The van der Waals surface area contributed by atoms with Crippen molar-refractivity contribution >= 4 is 41.8 Å². The van der Waals surface area contributed by atoms with E-state index in [1.165, 1.54) is 24.2 Å². The molecule has 4 rings (SSSR count). The fourth-order valence-electron chi connectivity index (χ4n) is 5.11. The number of nitrogens with zero attached hydrogens (tertiary/aromatic N) is 2. The number of fused-ring (bicyclic) bond motifs is 5. The zero-order valence-corrected chi connectivity index (χ0v) is 18.5. The van der Waals surface area contributed by atoms with Gasteiger partial charge in [-0.3, -0.25) is 19.5 Å². The number of amides is 2. The summed E-state index contributed by atoms with van der Waals surface area (Å²) in [5, 5.41) is 6.77. The Hall–Kier alpha value is -1.12. The Labute approximate surface area is 178 Å². The summed E-state index contributed by atoms with van der Waals surface area (Å²) in [6, 6.07) is 0.547. The summed E-state index contributed by atoms with van der Waals surface area (Å²) in [6.07, 6.45) is 9.75. The second-order valence-corrected chi connectivity index (χ2v) is 8.22. The number of carbonyl (C=O) groups is 2. The van der Waals surface area contributed by atoms with Crippen molar-refractivity contribution in [2.24, 2.45) is 34.6 Å². The summed E-state index contributed by atoms with van der Waals surface area (Å²) in [6.45, 7) is 3.44. The molecule has 3 fully saturated rings. The standard InChI is InChI=1S/C20H30N4O2.HI/c1-3-5-12-11-15(12)23-20(21-2)22-8-4-9-24-18(25)16-13-6-7-14(10-13)17(16)19(24)26;/h6-7,12-17H,3-5,8-11H2,1-2H3,(H2,21,22,23);1H. The van der Waals surface area contributed by atoms with E-state index in [1.807, 2.05) is 0 Å². The van der Waals surface area contributed by atoms with E-state index in [-0.39, 0.29) is 47.6 Å². The van der Waals surface area contributed by atoms with Crippen LogP contribution in [0, 0.1) is 29.6 Å². The molecule has 0 spiro atoms. The van der Waals surface area contributed by atoms with Crippen molar-refractivity contribution in [1.82, 2.24) is 15.5 Å². The van der Waals surface area contributed by atoms with Crippen LogP contribution < -0.4 is 10.6 Å². The molecule has 6 nitrogen and oxygen atoms in total. The lowest BCUT2D eigenvalue weighted by molar-refractivity contribution is -0.140. The van der Waals surface area contributed by atoms with Gasteiger partial charge in [-0.1, -0.05) is 25.5 Å². The first kappa shape index (κ1) is 20.6. The Morgan fingerprint density at radius 3 is 2.44 bits per heavy atom. The van der Waals surface area contributed by atoms with Gasteiger partial charge in [0.25, 0.3) is 0 Å². The van der Waals surface area contributed by atoms with Crippen LogP contribution in [0.5, 0.6) is 0 Å². The van der Waals surface area contributed by atoms with Crippen molar-refractivity contribution in [2.75, 3.05) is 20.1 Å². The van der Waals surface area contributed by atoms with E-state index < -0.39 is 0 Å². The smallest absolute Gasteiger partial charge is 0.233 e. The number of likely N-dealkylation sites (tertiary alicyclic amines) is 1. The van der Waals surface area contributed by atoms with E-state index in [4.69, 9.17) is 0 Å². The third-order valence-electron chi connectivity index (χ3n) is 6.54. The second kappa shape index (κ2) is 8.49. The van der Waals surface area contributed by atoms with Crippen LogP contribution in [-0.2, 0) is 9.59 Å². The Balaban J connectivity index is 0.00000210. The minimum Gasteiger partial charge on any atom is -0.356 e.